The predicted octanol–water partition coefficient (Wildman–Crippen LogP) is 8.33. The lowest BCUT2D eigenvalue weighted by Crippen LogP contribution is -1.87. The topological polar surface area (TPSA) is 37.3 Å². The number of allylic oxidation sites excluding steroid dienone is 2. The van der Waals surface area contributed by atoms with Crippen molar-refractivity contribution < 1.29 is 9.90 Å². The molecule has 2 nitrogen and oxygen atoms in total. The van der Waals surface area contributed by atoms with E-state index in [9.17, 15) is 4.79 Å². The molecule has 0 atom stereocenters. The first-order valence-electron chi connectivity index (χ1n) is 11.0. The van der Waals surface area contributed by atoms with E-state index in [4.69, 9.17) is 5.11 Å². The number of carboxylic acids is 1. The minimum absolute atomic E-state index is 0.833. The molecule has 26 heavy (non-hydrogen) atoms. The average molecular weight is 367 g/mol. The molecule has 0 aliphatic carbocycles. The standard InChI is InChI=1S/C21H42.C3H4O2/c1-4-5-6-7-8-9-10-11-12-13-14-15-16-17-18-19-20-21(2)3;1-2-3(4)5/h4-5,21H,6-20H2,1-3H3;2H,1H2,(H,4,5). The van der Waals surface area contributed by atoms with Crippen LogP contribution in [0.5, 0.6) is 0 Å². The average Bonchev–Trinajstić information content (AvgIpc) is 2.61. The second-order valence-electron chi connectivity index (χ2n) is 7.68. The van der Waals surface area contributed by atoms with Crippen LogP contribution in [-0.2, 0) is 4.79 Å². The number of aliphatic carboxylic acids is 1. The van der Waals surface area contributed by atoms with Crippen molar-refractivity contribution in [3.63, 3.8) is 0 Å². The Morgan fingerprint density at radius 1 is 0.808 bits per heavy atom. The molecule has 0 spiro atoms. The Morgan fingerprint density at radius 2 is 1.15 bits per heavy atom. The lowest BCUT2D eigenvalue weighted by molar-refractivity contribution is -0.131. The minimum atomic E-state index is -0.981. The predicted molar refractivity (Wildman–Crippen MR) is 117 cm³/mol. The normalized spacial score (nSPS) is 10.8. The monoisotopic (exact) mass is 366 g/mol. The van der Waals surface area contributed by atoms with Crippen LogP contribution in [0.25, 0.3) is 0 Å². The SMILES string of the molecule is C=CC(=O)O.CC=CCCCCCCCCCCCCCCCC(C)C. The third-order valence-electron chi connectivity index (χ3n) is 4.56. The van der Waals surface area contributed by atoms with Crippen LogP contribution >= 0.6 is 0 Å². The molecule has 0 amide bonds. The maximum Gasteiger partial charge on any atom is 0.327 e. The van der Waals surface area contributed by atoms with Gasteiger partial charge in [0, 0.05) is 6.08 Å². The summed E-state index contributed by atoms with van der Waals surface area (Å²) < 4.78 is 0. The molecule has 154 valence electrons. The van der Waals surface area contributed by atoms with Crippen molar-refractivity contribution in [1.29, 1.82) is 0 Å². The van der Waals surface area contributed by atoms with Crippen LogP contribution in [-0.4, -0.2) is 11.1 Å². The molecule has 0 aromatic carbocycles. The lowest BCUT2D eigenvalue weighted by atomic mass is 10.0. The van der Waals surface area contributed by atoms with Crippen molar-refractivity contribution >= 4 is 5.97 Å². The van der Waals surface area contributed by atoms with Crippen molar-refractivity contribution in [1.82, 2.24) is 0 Å². The molecule has 0 rings (SSSR count). The first-order valence-corrected chi connectivity index (χ1v) is 11.0. The Morgan fingerprint density at radius 3 is 1.46 bits per heavy atom. The Bertz CT molecular complexity index is 318. The first-order chi connectivity index (χ1) is 12.5. The summed E-state index contributed by atoms with van der Waals surface area (Å²) in [6, 6.07) is 0. The smallest absolute Gasteiger partial charge is 0.327 e. The highest BCUT2D eigenvalue weighted by Crippen LogP contribution is 2.14. The highest BCUT2D eigenvalue weighted by molar-refractivity contribution is 5.78. The number of carbonyl (C=O) groups is 1. The zero-order chi connectivity index (χ0) is 19.9. The summed E-state index contributed by atoms with van der Waals surface area (Å²) in [5, 5.41) is 7.60. The molecular weight excluding hydrogens is 320 g/mol. The molecule has 0 radical (unpaired) electrons. The number of unbranched alkanes of at least 4 members (excludes halogenated alkanes) is 13. The highest BCUT2D eigenvalue weighted by Gasteiger charge is 1.95. The Labute approximate surface area is 164 Å². The summed E-state index contributed by atoms with van der Waals surface area (Å²) in [5.74, 6) is -0.0851. The third kappa shape index (κ3) is 30.8. The van der Waals surface area contributed by atoms with Crippen LogP contribution in [0.3, 0.4) is 0 Å². The van der Waals surface area contributed by atoms with Crippen molar-refractivity contribution in [2.24, 2.45) is 5.92 Å². The van der Waals surface area contributed by atoms with Crippen molar-refractivity contribution in [2.75, 3.05) is 0 Å². The second-order valence-corrected chi connectivity index (χ2v) is 7.68. The van der Waals surface area contributed by atoms with Crippen molar-refractivity contribution in [3.05, 3.63) is 24.8 Å². The van der Waals surface area contributed by atoms with Crippen LogP contribution in [0.1, 0.15) is 117 Å². The van der Waals surface area contributed by atoms with Gasteiger partial charge < -0.3 is 5.11 Å². The van der Waals surface area contributed by atoms with Crippen LogP contribution in [0.15, 0.2) is 24.8 Å². The maximum absolute atomic E-state index is 9.25. The Hall–Kier alpha value is -1.05. The molecule has 2 heteroatoms. The molecule has 0 aromatic heterocycles. The van der Waals surface area contributed by atoms with Gasteiger partial charge in [0.2, 0.25) is 0 Å². The van der Waals surface area contributed by atoms with E-state index in [1.807, 2.05) is 0 Å². The van der Waals surface area contributed by atoms with Crippen molar-refractivity contribution in [2.45, 2.75) is 117 Å². The zero-order valence-corrected chi connectivity index (χ0v) is 18.0. The summed E-state index contributed by atoms with van der Waals surface area (Å²) in [7, 11) is 0. The molecule has 0 aliphatic heterocycles. The Kier molecular flexibility index (Phi) is 25.0. The fourth-order valence-corrected chi connectivity index (χ4v) is 2.93. The molecule has 0 saturated heterocycles. The van der Waals surface area contributed by atoms with Gasteiger partial charge in [-0.05, 0) is 25.7 Å². The fraction of sp³-hybridized carbons (Fsp3) is 0.792. The van der Waals surface area contributed by atoms with E-state index in [-0.39, 0.29) is 0 Å². The molecule has 0 saturated carbocycles. The highest BCUT2D eigenvalue weighted by atomic mass is 16.4. The third-order valence-corrected chi connectivity index (χ3v) is 4.56. The fourth-order valence-electron chi connectivity index (χ4n) is 2.93. The van der Waals surface area contributed by atoms with Gasteiger partial charge in [-0.15, -0.1) is 0 Å². The van der Waals surface area contributed by atoms with Crippen LogP contribution in [0.4, 0.5) is 0 Å². The van der Waals surface area contributed by atoms with Crippen LogP contribution in [0, 0.1) is 5.92 Å². The van der Waals surface area contributed by atoms with E-state index in [2.05, 4.69) is 39.5 Å². The first kappa shape index (κ1) is 27.2. The van der Waals surface area contributed by atoms with E-state index in [1.165, 1.54) is 96.3 Å². The number of rotatable bonds is 17. The summed E-state index contributed by atoms with van der Waals surface area (Å²) in [6.07, 6.45) is 27.0. The number of hydrogen-bond acceptors (Lipinski definition) is 1. The minimum Gasteiger partial charge on any atom is -0.478 e. The molecule has 0 bridgehead atoms. The number of hydrogen-bond donors (Lipinski definition) is 1. The summed E-state index contributed by atoms with van der Waals surface area (Å²) >= 11 is 0. The van der Waals surface area contributed by atoms with Gasteiger partial charge >= 0.3 is 5.97 Å². The van der Waals surface area contributed by atoms with Gasteiger partial charge in [0.05, 0.1) is 0 Å². The molecule has 0 unspecified atom stereocenters. The molecular formula is C24H46O2. The largest absolute Gasteiger partial charge is 0.478 e. The van der Waals surface area contributed by atoms with E-state index in [0.717, 1.165) is 12.0 Å². The molecule has 0 fully saturated rings. The van der Waals surface area contributed by atoms with Crippen LogP contribution in [0.2, 0.25) is 0 Å². The van der Waals surface area contributed by atoms with E-state index in [0.29, 0.717) is 0 Å². The van der Waals surface area contributed by atoms with Gasteiger partial charge in [0.15, 0.2) is 0 Å². The second kappa shape index (κ2) is 23.9. The van der Waals surface area contributed by atoms with Crippen molar-refractivity contribution in [3.8, 4) is 0 Å². The van der Waals surface area contributed by atoms with Gasteiger partial charge in [0.25, 0.3) is 0 Å². The van der Waals surface area contributed by atoms with E-state index >= 15 is 0 Å². The lowest BCUT2D eigenvalue weighted by Gasteiger charge is -2.04. The zero-order valence-electron chi connectivity index (χ0n) is 18.0. The summed E-state index contributed by atoms with van der Waals surface area (Å²) in [6.45, 7) is 9.75. The number of carboxylic acid groups (broad SMARTS) is 1. The maximum atomic E-state index is 9.25. The summed E-state index contributed by atoms with van der Waals surface area (Å²) in [5.41, 5.74) is 0. The van der Waals surface area contributed by atoms with E-state index in [1.54, 1.807) is 0 Å². The van der Waals surface area contributed by atoms with Gasteiger partial charge in [-0.25, -0.2) is 4.79 Å². The van der Waals surface area contributed by atoms with Gasteiger partial charge in [-0.3, -0.25) is 0 Å². The molecule has 0 heterocycles. The van der Waals surface area contributed by atoms with Crippen LogP contribution < -0.4 is 0 Å². The molecule has 0 aliphatic rings. The molecule has 0 aromatic rings. The summed E-state index contributed by atoms with van der Waals surface area (Å²) in [4.78, 5) is 9.25. The van der Waals surface area contributed by atoms with Gasteiger partial charge in [0.1, 0.15) is 0 Å². The Balaban J connectivity index is 0. The van der Waals surface area contributed by atoms with Gasteiger partial charge in [-0.2, -0.15) is 0 Å². The quantitative estimate of drug-likeness (QED) is 0.159. The molecule has 1 N–H and O–H groups in total. The van der Waals surface area contributed by atoms with E-state index < -0.39 is 5.97 Å². The van der Waals surface area contributed by atoms with Gasteiger partial charge in [-0.1, -0.05) is 116 Å².